The van der Waals surface area contributed by atoms with E-state index in [1.165, 1.54) is 6.08 Å². The van der Waals surface area contributed by atoms with Crippen LogP contribution in [-0.4, -0.2) is 37.2 Å². The van der Waals surface area contributed by atoms with E-state index in [2.05, 4.69) is 5.32 Å². The van der Waals surface area contributed by atoms with E-state index in [0.29, 0.717) is 28.9 Å². The van der Waals surface area contributed by atoms with Crippen LogP contribution in [-0.2, 0) is 9.59 Å². The van der Waals surface area contributed by atoms with E-state index in [1.807, 2.05) is 37.3 Å². The lowest BCUT2D eigenvalue weighted by molar-refractivity contribution is -0.141. The number of carbonyl (C=O) groups excluding carboxylic acids is 1. The maximum atomic E-state index is 12.6. The molecular weight excluding hydrogens is 422 g/mol. The number of furan rings is 1. The number of unbranched alkanes of at least 4 members (excludes halogenated alkanes) is 1. The number of methoxy groups -OCH3 is 2. The van der Waals surface area contributed by atoms with Crippen LogP contribution >= 0.6 is 0 Å². The van der Waals surface area contributed by atoms with Gasteiger partial charge in [-0.15, -0.1) is 0 Å². The third kappa shape index (κ3) is 5.37. The summed E-state index contributed by atoms with van der Waals surface area (Å²) in [6.45, 7) is 3.76. The fourth-order valence-electron chi connectivity index (χ4n) is 3.76. The van der Waals surface area contributed by atoms with Gasteiger partial charge in [-0.25, -0.2) is 4.79 Å². The van der Waals surface area contributed by atoms with Gasteiger partial charge >= 0.3 is 5.97 Å². The van der Waals surface area contributed by atoms with Crippen molar-refractivity contribution in [3.63, 3.8) is 0 Å². The number of nitrogens with one attached hydrogen (secondary N) is 1. The van der Waals surface area contributed by atoms with E-state index in [-0.39, 0.29) is 0 Å². The van der Waals surface area contributed by atoms with Crippen molar-refractivity contribution in [3.05, 3.63) is 54.3 Å². The van der Waals surface area contributed by atoms with Crippen molar-refractivity contribution in [2.24, 2.45) is 0 Å². The number of rotatable bonds is 10. The lowest BCUT2D eigenvalue weighted by Crippen LogP contribution is -2.40. The standard InChI is InChI=1S/C26H29NO6/c1-5-6-10-21(26(29)30)27-25(28)12-16(2)18-13-19-20(15-33-24(19)14-23(18)32-4)17-9-7-8-11-22(17)31-3/h7-9,11-15,21H,5-6,10H2,1-4H3,(H,27,28)(H,29,30)/b16-12+. The molecule has 0 bridgehead atoms. The Morgan fingerprint density at radius 3 is 2.52 bits per heavy atom. The summed E-state index contributed by atoms with van der Waals surface area (Å²) in [6, 6.07) is 10.4. The van der Waals surface area contributed by atoms with E-state index >= 15 is 0 Å². The highest BCUT2D eigenvalue weighted by Gasteiger charge is 2.20. The minimum atomic E-state index is -1.04. The Balaban J connectivity index is 1.99. The smallest absolute Gasteiger partial charge is 0.326 e. The number of carboxylic acid groups (broad SMARTS) is 1. The van der Waals surface area contributed by atoms with E-state index in [0.717, 1.165) is 35.1 Å². The van der Waals surface area contributed by atoms with E-state index in [1.54, 1.807) is 33.5 Å². The fourth-order valence-corrected chi connectivity index (χ4v) is 3.76. The SMILES string of the molecule is CCCCC(NC(=O)/C=C(\C)c1cc2c(-c3ccccc3OC)coc2cc1OC)C(=O)O. The number of hydrogen-bond acceptors (Lipinski definition) is 5. The van der Waals surface area contributed by atoms with Crippen molar-refractivity contribution in [2.45, 2.75) is 39.2 Å². The average molecular weight is 452 g/mol. The molecule has 1 amide bonds. The van der Waals surface area contributed by atoms with Gasteiger partial charge in [0.2, 0.25) is 5.91 Å². The second kappa shape index (κ2) is 10.7. The molecule has 7 nitrogen and oxygen atoms in total. The molecule has 0 aliphatic carbocycles. The molecule has 3 rings (SSSR count). The third-order valence-electron chi connectivity index (χ3n) is 5.53. The summed E-state index contributed by atoms with van der Waals surface area (Å²) in [4.78, 5) is 24.0. The van der Waals surface area contributed by atoms with E-state index in [9.17, 15) is 14.7 Å². The van der Waals surface area contributed by atoms with Crippen LogP contribution < -0.4 is 14.8 Å². The molecule has 33 heavy (non-hydrogen) atoms. The number of amides is 1. The number of ether oxygens (including phenoxy) is 2. The summed E-state index contributed by atoms with van der Waals surface area (Å²) >= 11 is 0. The predicted octanol–water partition coefficient (Wildman–Crippen LogP) is 5.28. The number of hydrogen-bond donors (Lipinski definition) is 2. The zero-order valence-corrected chi connectivity index (χ0v) is 19.3. The summed E-state index contributed by atoms with van der Waals surface area (Å²) in [7, 11) is 3.17. The van der Waals surface area contributed by atoms with Crippen molar-refractivity contribution < 1.29 is 28.6 Å². The van der Waals surface area contributed by atoms with Gasteiger partial charge in [-0.1, -0.05) is 38.0 Å². The Kier molecular flexibility index (Phi) is 7.77. The molecule has 2 N–H and O–H groups in total. The topological polar surface area (TPSA) is 98.0 Å². The fraction of sp³-hybridized carbons (Fsp3) is 0.308. The Morgan fingerprint density at radius 2 is 1.85 bits per heavy atom. The molecule has 0 saturated heterocycles. The van der Waals surface area contributed by atoms with Crippen LogP contribution in [0, 0.1) is 0 Å². The second-order valence-corrected chi connectivity index (χ2v) is 7.77. The molecule has 2 aromatic carbocycles. The van der Waals surface area contributed by atoms with Crippen LogP contribution in [0.25, 0.3) is 27.7 Å². The number of aliphatic carboxylic acids is 1. The Labute approximate surface area is 193 Å². The summed E-state index contributed by atoms with van der Waals surface area (Å²) in [5.41, 5.74) is 3.72. The van der Waals surface area contributed by atoms with Gasteiger partial charge in [0.1, 0.15) is 23.1 Å². The molecule has 3 aromatic rings. The van der Waals surface area contributed by atoms with E-state index < -0.39 is 17.9 Å². The molecule has 0 spiro atoms. The molecular formula is C26H29NO6. The maximum Gasteiger partial charge on any atom is 0.326 e. The van der Waals surface area contributed by atoms with Gasteiger partial charge in [0.05, 0.1) is 20.5 Å². The average Bonchev–Trinajstić information content (AvgIpc) is 3.23. The number of carboxylic acids is 1. The van der Waals surface area contributed by atoms with Gasteiger partial charge in [0, 0.05) is 34.2 Å². The van der Waals surface area contributed by atoms with Gasteiger partial charge in [0.25, 0.3) is 0 Å². The first-order valence-corrected chi connectivity index (χ1v) is 10.8. The maximum absolute atomic E-state index is 12.6. The molecule has 1 aromatic heterocycles. The number of benzene rings is 2. The molecule has 1 heterocycles. The number of fused-ring (bicyclic) bond motifs is 1. The van der Waals surface area contributed by atoms with Gasteiger partial charge in [0.15, 0.2) is 0 Å². The first-order valence-electron chi connectivity index (χ1n) is 10.8. The van der Waals surface area contributed by atoms with Crippen molar-refractivity contribution in [2.75, 3.05) is 14.2 Å². The third-order valence-corrected chi connectivity index (χ3v) is 5.53. The molecule has 0 aliphatic heterocycles. The summed E-state index contributed by atoms with van der Waals surface area (Å²) in [5.74, 6) is -0.237. The molecule has 174 valence electrons. The molecule has 1 atom stereocenters. The van der Waals surface area contributed by atoms with Crippen molar-refractivity contribution in [1.29, 1.82) is 0 Å². The van der Waals surface area contributed by atoms with Crippen LogP contribution in [0.5, 0.6) is 11.5 Å². The van der Waals surface area contributed by atoms with Crippen LogP contribution in [0.3, 0.4) is 0 Å². The van der Waals surface area contributed by atoms with Gasteiger partial charge in [-0.3, -0.25) is 4.79 Å². The molecule has 7 heteroatoms. The molecule has 0 radical (unpaired) electrons. The first kappa shape index (κ1) is 23.9. The summed E-state index contributed by atoms with van der Waals surface area (Å²) < 4.78 is 16.8. The lowest BCUT2D eigenvalue weighted by atomic mass is 9.98. The highest BCUT2D eigenvalue weighted by atomic mass is 16.5. The highest BCUT2D eigenvalue weighted by Crippen LogP contribution is 2.40. The first-order chi connectivity index (χ1) is 15.9. The monoisotopic (exact) mass is 451 g/mol. The Morgan fingerprint density at radius 1 is 1.12 bits per heavy atom. The zero-order valence-electron chi connectivity index (χ0n) is 19.3. The van der Waals surface area contributed by atoms with Crippen LogP contribution in [0.4, 0.5) is 0 Å². The zero-order chi connectivity index (χ0) is 24.0. The molecule has 0 fully saturated rings. The molecule has 0 saturated carbocycles. The van der Waals surface area contributed by atoms with Crippen molar-refractivity contribution in [3.8, 4) is 22.6 Å². The van der Waals surface area contributed by atoms with Crippen LogP contribution in [0.2, 0.25) is 0 Å². The molecule has 1 unspecified atom stereocenters. The summed E-state index contributed by atoms with van der Waals surface area (Å²) in [5, 5.41) is 12.8. The van der Waals surface area contributed by atoms with Crippen LogP contribution in [0.15, 0.2) is 53.2 Å². The van der Waals surface area contributed by atoms with Gasteiger partial charge < -0.3 is 24.3 Å². The van der Waals surface area contributed by atoms with Crippen molar-refractivity contribution >= 4 is 28.4 Å². The number of allylic oxidation sites excluding steroid dienone is 1. The highest BCUT2D eigenvalue weighted by molar-refractivity contribution is 6.01. The Bertz CT molecular complexity index is 1180. The number of para-hydroxylation sites is 1. The van der Waals surface area contributed by atoms with Crippen molar-refractivity contribution in [1.82, 2.24) is 5.32 Å². The largest absolute Gasteiger partial charge is 0.496 e. The molecule has 0 aliphatic rings. The summed E-state index contributed by atoms with van der Waals surface area (Å²) in [6.07, 6.45) is 5.02. The van der Waals surface area contributed by atoms with E-state index in [4.69, 9.17) is 13.9 Å². The normalized spacial score (nSPS) is 12.4. The Hall–Kier alpha value is -3.74. The second-order valence-electron chi connectivity index (χ2n) is 7.77. The minimum Gasteiger partial charge on any atom is -0.496 e. The quantitative estimate of drug-likeness (QED) is 0.407. The van der Waals surface area contributed by atoms with Gasteiger partial charge in [-0.2, -0.15) is 0 Å². The predicted molar refractivity (Wildman–Crippen MR) is 127 cm³/mol. The lowest BCUT2D eigenvalue weighted by Gasteiger charge is -2.14. The van der Waals surface area contributed by atoms with Gasteiger partial charge in [-0.05, 0) is 31.1 Å². The number of carbonyl (C=O) groups is 2. The minimum absolute atomic E-state index is 0.386. The van der Waals surface area contributed by atoms with Crippen LogP contribution in [0.1, 0.15) is 38.7 Å².